The van der Waals surface area contributed by atoms with Crippen molar-refractivity contribution >= 4 is 35.0 Å². The van der Waals surface area contributed by atoms with Crippen LogP contribution in [0.1, 0.15) is 57.8 Å². The Bertz CT molecular complexity index is 1180. The van der Waals surface area contributed by atoms with E-state index in [0.29, 0.717) is 38.1 Å². The maximum absolute atomic E-state index is 13.6. The van der Waals surface area contributed by atoms with Crippen molar-refractivity contribution in [1.82, 2.24) is 15.6 Å². The molecule has 2 amide bonds. The summed E-state index contributed by atoms with van der Waals surface area (Å²) in [7, 11) is 0. The van der Waals surface area contributed by atoms with Crippen molar-refractivity contribution in [3.8, 4) is 0 Å². The van der Waals surface area contributed by atoms with E-state index in [2.05, 4.69) is 15.6 Å². The lowest BCUT2D eigenvalue weighted by Gasteiger charge is -2.34. The summed E-state index contributed by atoms with van der Waals surface area (Å²) >= 11 is 12.5. The van der Waals surface area contributed by atoms with Gasteiger partial charge in [0, 0.05) is 15.6 Å². The Labute approximate surface area is 195 Å². The molecular formula is C24H21Cl2N3O3. The van der Waals surface area contributed by atoms with Crippen LogP contribution in [-0.4, -0.2) is 21.9 Å². The summed E-state index contributed by atoms with van der Waals surface area (Å²) in [6.07, 6.45) is 0. The summed E-state index contributed by atoms with van der Waals surface area (Å²) < 4.78 is 0. The van der Waals surface area contributed by atoms with E-state index in [4.69, 9.17) is 23.2 Å². The molecule has 0 saturated heterocycles. The number of fused-ring (bicyclic) bond motifs is 1. The molecule has 0 spiro atoms. The lowest BCUT2D eigenvalue weighted by atomic mass is 9.80. The summed E-state index contributed by atoms with van der Waals surface area (Å²) in [5, 5.41) is 16.1. The van der Waals surface area contributed by atoms with Crippen LogP contribution in [0.3, 0.4) is 0 Å². The van der Waals surface area contributed by atoms with Crippen molar-refractivity contribution in [3.05, 3.63) is 98.8 Å². The number of amides is 2. The summed E-state index contributed by atoms with van der Waals surface area (Å²) in [5.74, 6) is -1.27. The zero-order valence-electron chi connectivity index (χ0n) is 17.2. The van der Waals surface area contributed by atoms with Gasteiger partial charge in [-0.2, -0.15) is 0 Å². The van der Waals surface area contributed by atoms with Crippen LogP contribution in [0.2, 0.25) is 10.0 Å². The van der Waals surface area contributed by atoms with Crippen molar-refractivity contribution in [2.45, 2.75) is 31.5 Å². The predicted octanol–water partition coefficient (Wildman–Crippen LogP) is 4.33. The minimum atomic E-state index is -0.717. The van der Waals surface area contributed by atoms with E-state index >= 15 is 0 Å². The van der Waals surface area contributed by atoms with Gasteiger partial charge in [-0.3, -0.25) is 14.6 Å². The fourth-order valence-corrected chi connectivity index (χ4v) is 4.49. The van der Waals surface area contributed by atoms with E-state index < -0.39 is 18.0 Å². The Kier molecular flexibility index (Phi) is 6.46. The van der Waals surface area contributed by atoms with Gasteiger partial charge in [-0.15, -0.1) is 0 Å². The Hall–Kier alpha value is -2.93. The molecule has 8 heteroatoms. The highest BCUT2D eigenvalue weighted by Crippen LogP contribution is 2.40. The van der Waals surface area contributed by atoms with Gasteiger partial charge in [-0.25, -0.2) is 0 Å². The van der Waals surface area contributed by atoms with E-state index in [9.17, 15) is 14.7 Å². The van der Waals surface area contributed by atoms with Gasteiger partial charge < -0.3 is 15.7 Å². The molecule has 2 heterocycles. The molecule has 0 bridgehead atoms. The number of aromatic nitrogens is 1. The van der Waals surface area contributed by atoms with E-state index in [1.165, 1.54) is 0 Å². The van der Waals surface area contributed by atoms with Gasteiger partial charge in [0.05, 0.1) is 36.0 Å². The van der Waals surface area contributed by atoms with E-state index in [1.54, 1.807) is 60.7 Å². The number of aliphatic hydroxyl groups is 1. The third-order valence-electron chi connectivity index (χ3n) is 5.53. The fourth-order valence-electron chi connectivity index (χ4n) is 3.96. The number of hydrogen-bond donors (Lipinski definition) is 3. The Morgan fingerprint density at radius 2 is 1.91 bits per heavy atom. The molecule has 4 rings (SSSR count). The number of aliphatic hydroxyl groups excluding tert-OH is 1. The summed E-state index contributed by atoms with van der Waals surface area (Å²) in [6.45, 7) is 1.63. The topological polar surface area (TPSA) is 91.3 Å². The molecule has 1 unspecified atom stereocenters. The highest BCUT2D eigenvalue weighted by Gasteiger charge is 2.40. The van der Waals surface area contributed by atoms with Crippen molar-refractivity contribution in [3.63, 3.8) is 0 Å². The van der Waals surface area contributed by atoms with Crippen LogP contribution in [-0.2, 0) is 11.4 Å². The van der Waals surface area contributed by atoms with Crippen LogP contribution in [0.25, 0.3) is 0 Å². The molecule has 6 nitrogen and oxygen atoms in total. The number of benzene rings is 2. The zero-order valence-corrected chi connectivity index (χ0v) is 18.7. The summed E-state index contributed by atoms with van der Waals surface area (Å²) in [4.78, 5) is 30.7. The third kappa shape index (κ3) is 4.35. The van der Waals surface area contributed by atoms with Crippen LogP contribution in [0.15, 0.2) is 60.7 Å². The molecule has 3 atom stereocenters. The lowest BCUT2D eigenvalue weighted by Crippen LogP contribution is -2.45. The molecule has 1 aliphatic rings. The van der Waals surface area contributed by atoms with Crippen LogP contribution in [0.5, 0.6) is 0 Å². The summed E-state index contributed by atoms with van der Waals surface area (Å²) in [6, 6.07) is 16.2. The number of nitrogens with zero attached hydrogens (tertiary/aromatic N) is 1. The van der Waals surface area contributed by atoms with Gasteiger partial charge in [-0.05, 0) is 48.4 Å². The number of halogens is 2. The number of pyridine rings is 1. The standard InChI is InChI=1S/C24H21Cl2N3O3/c1-13(20-8-4-5-15(12-30)28-20)27-24(32)21-16-6-2-3-7-17(16)23(31)29-22(21)18-10-9-14(25)11-19(18)26/h2-11,13,21-22,30H,12H2,1H3,(H,27,32)(H,29,31)/t13?,21-,22+/m1/s1. The van der Waals surface area contributed by atoms with Crippen LogP contribution in [0, 0.1) is 0 Å². The van der Waals surface area contributed by atoms with Crippen molar-refractivity contribution < 1.29 is 14.7 Å². The van der Waals surface area contributed by atoms with Gasteiger partial charge in [-0.1, -0.05) is 53.5 Å². The van der Waals surface area contributed by atoms with Gasteiger partial charge in [0.25, 0.3) is 5.91 Å². The molecule has 0 saturated carbocycles. The smallest absolute Gasteiger partial charge is 0.252 e. The Morgan fingerprint density at radius 1 is 1.12 bits per heavy atom. The molecule has 164 valence electrons. The lowest BCUT2D eigenvalue weighted by molar-refractivity contribution is -0.124. The maximum Gasteiger partial charge on any atom is 0.252 e. The Balaban J connectivity index is 1.72. The molecule has 2 aromatic carbocycles. The van der Waals surface area contributed by atoms with E-state index in [0.717, 1.165) is 0 Å². The number of hydrogen-bond acceptors (Lipinski definition) is 4. The molecule has 1 aliphatic heterocycles. The molecule has 3 aromatic rings. The number of carbonyl (C=O) groups excluding carboxylic acids is 2. The fraction of sp³-hybridized carbons (Fsp3) is 0.208. The molecule has 3 N–H and O–H groups in total. The predicted molar refractivity (Wildman–Crippen MR) is 123 cm³/mol. The highest BCUT2D eigenvalue weighted by molar-refractivity contribution is 6.35. The van der Waals surface area contributed by atoms with Gasteiger partial charge in [0.1, 0.15) is 0 Å². The third-order valence-corrected chi connectivity index (χ3v) is 6.10. The highest BCUT2D eigenvalue weighted by atomic mass is 35.5. The molecular weight excluding hydrogens is 449 g/mol. The van der Waals surface area contributed by atoms with Crippen molar-refractivity contribution in [2.75, 3.05) is 0 Å². The average molecular weight is 470 g/mol. The molecule has 0 radical (unpaired) electrons. The van der Waals surface area contributed by atoms with Gasteiger partial charge in [0.15, 0.2) is 0 Å². The average Bonchev–Trinajstić information content (AvgIpc) is 2.79. The number of rotatable bonds is 5. The number of carbonyl (C=O) groups is 2. The Morgan fingerprint density at radius 3 is 2.66 bits per heavy atom. The molecule has 0 aliphatic carbocycles. The van der Waals surface area contributed by atoms with E-state index in [1.807, 2.05) is 6.92 Å². The SMILES string of the molecule is CC(NC(=O)[C@@H]1c2ccccc2C(=O)N[C@H]1c1ccc(Cl)cc1Cl)c1cccc(CO)n1. The largest absolute Gasteiger partial charge is 0.390 e. The van der Waals surface area contributed by atoms with Crippen LogP contribution >= 0.6 is 23.2 Å². The van der Waals surface area contributed by atoms with Crippen molar-refractivity contribution in [2.24, 2.45) is 0 Å². The first-order valence-corrected chi connectivity index (χ1v) is 10.9. The number of nitrogens with one attached hydrogen (secondary N) is 2. The van der Waals surface area contributed by atoms with E-state index in [-0.39, 0.29) is 18.4 Å². The second kappa shape index (κ2) is 9.28. The second-order valence-corrected chi connectivity index (χ2v) is 8.47. The first kappa shape index (κ1) is 22.3. The van der Waals surface area contributed by atoms with Crippen LogP contribution < -0.4 is 10.6 Å². The summed E-state index contributed by atoms with van der Waals surface area (Å²) in [5.41, 5.74) is 2.81. The monoisotopic (exact) mass is 469 g/mol. The quantitative estimate of drug-likeness (QED) is 0.518. The molecule has 0 fully saturated rings. The van der Waals surface area contributed by atoms with Crippen LogP contribution in [0.4, 0.5) is 0 Å². The second-order valence-electron chi connectivity index (χ2n) is 7.62. The first-order valence-electron chi connectivity index (χ1n) is 10.1. The first-order chi connectivity index (χ1) is 15.4. The molecule has 1 aromatic heterocycles. The maximum atomic E-state index is 13.6. The normalized spacial score (nSPS) is 18.4. The molecule has 32 heavy (non-hydrogen) atoms. The minimum absolute atomic E-state index is 0.187. The zero-order chi connectivity index (χ0) is 22.8. The van der Waals surface area contributed by atoms with Crippen molar-refractivity contribution in [1.29, 1.82) is 0 Å². The minimum Gasteiger partial charge on any atom is -0.390 e. The van der Waals surface area contributed by atoms with Gasteiger partial charge >= 0.3 is 0 Å². The van der Waals surface area contributed by atoms with Gasteiger partial charge in [0.2, 0.25) is 5.91 Å².